The van der Waals surface area contributed by atoms with Crippen LogP contribution in [0.3, 0.4) is 0 Å². The lowest BCUT2D eigenvalue weighted by Gasteiger charge is -2.23. The van der Waals surface area contributed by atoms with E-state index in [1.165, 1.54) is 10.8 Å². The van der Waals surface area contributed by atoms with E-state index in [1.807, 2.05) is 37.3 Å². The molecule has 0 saturated heterocycles. The van der Waals surface area contributed by atoms with E-state index in [2.05, 4.69) is 42.5 Å². The molecule has 3 aromatic rings. The largest absolute Gasteiger partial charge is 0.273 e. The summed E-state index contributed by atoms with van der Waals surface area (Å²) in [5.41, 5.74) is 3.22. The quantitative estimate of drug-likeness (QED) is 0.671. The van der Waals surface area contributed by atoms with Crippen molar-refractivity contribution in [3.8, 4) is 0 Å². The van der Waals surface area contributed by atoms with Crippen LogP contribution in [-0.2, 0) is 4.79 Å². The van der Waals surface area contributed by atoms with Gasteiger partial charge in [-0.3, -0.25) is 4.79 Å². The van der Waals surface area contributed by atoms with Crippen molar-refractivity contribution in [2.75, 3.05) is 0 Å². The maximum atomic E-state index is 12.5. The SMILES string of the molecule is CCC(=O)N1N=C(c2ccccc2)C[C@H]1c1cccc2ccccc12. The minimum atomic E-state index is -0.0474. The summed E-state index contributed by atoms with van der Waals surface area (Å²) in [6.45, 7) is 1.89. The van der Waals surface area contributed by atoms with Gasteiger partial charge in [-0.25, -0.2) is 5.01 Å². The minimum Gasteiger partial charge on any atom is -0.273 e. The second-order valence-electron chi connectivity index (χ2n) is 6.29. The van der Waals surface area contributed by atoms with Gasteiger partial charge in [0.25, 0.3) is 0 Å². The fourth-order valence-electron chi connectivity index (χ4n) is 3.49. The molecule has 0 unspecified atom stereocenters. The number of rotatable bonds is 3. The number of nitrogens with zero attached hydrogens (tertiary/aromatic N) is 2. The maximum absolute atomic E-state index is 12.5. The topological polar surface area (TPSA) is 32.7 Å². The van der Waals surface area contributed by atoms with Crippen LogP contribution in [-0.4, -0.2) is 16.6 Å². The number of hydrogen-bond acceptors (Lipinski definition) is 2. The van der Waals surface area contributed by atoms with Gasteiger partial charge in [0.2, 0.25) is 5.91 Å². The maximum Gasteiger partial charge on any atom is 0.242 e. The highest BCUT2D eigenvalue weighted by Crippen LogP contribution is 2.36. The van der Waals surface area contributed by atoms with Gasteiger partial charge in [0, 0.05) is 12.8 Å². The zero-order chi connectivity index (χ0) is 17.2. The number of carbonyl (C=O) groups is 1. The van der Waals surface area contributed by atoms with Gasteiger partial charge in [-0.05, 0) is 21.9 Å². The summed E-state index contributed by atoms with van der Waals surface area (Å²) in [4.78, 5) is 12.5. The summed E-state index contributed by atoms with van der Waals surface area (Å²) in [5.74, 6) is 0.0591. The molecule has 124 valence electrons. The summed E-state index contributed by atoms with van der Waals surface area (Å²) >= 11 is 0. The lowest BCUT2D eigenvalue weighted by Crippen LogP contribution is -2.26. The summed E-state index contributed by atoms with van der Waals surface area (Å²) in [6.07, 6.45) is 1.19. The predicted molar refractivity (Wildman–Crippen MR) is 101 cm³/mol. The number of amides is 1. The Morgan fingerprint density at radius 1 is 1.00 bits per heavy atom. The molecule has 0 spiro atoms. The molecule has 1 aliphatic rings. The van der Waals surface area contributed by atoms with E-state index in [-0.39, 0.29) is 11.9 Å². The molecule has 1 aliphatic heterocycles. The summed E-state index contributed by atoms with van der Waals surface area (Å²) < 4.78 is 0. The highest BCUT2D eigenvalue weighted by atomic mass is 16.2. The minimum absolute atomic E-state index is 0.0474. The van der Waals surface area contributed by atoms with Crippen molar-refractivity contribution in [1.29, 1.82) is 0 Å². The Kier molecular flexibility index (Phi) is 4.06. The van der Waals surface area contributed by atoms with Crippen LogP contribution in [0.1, 0.15) is 36.9 Å². The van der Waals surface area contributed by atoms with Gasteiger partial charge in [0.1, 0.15) is 0 Å². The van der Waals surface area contributed by atoms with Crippen molar-refractivity contribution in [3.05, 3.63) is 83.9 Å². The normalized spacial score (nSPS) is 16.9. The Hall–Kier alpha value is -2.94. The number of hydrazone groups is 1. The molecule has 1 atom stereocenters. The lowest BCUT2D eigenvalue weighted by atomic mass is 9.94. The second-order valence-corrected chi connectivity index (χ2v) is 6.29. The van der Waals surface area contributed by atoms with Crippen molar-refractivity contribution >= 4 is 22.4 Å². The van der Waals surface area contributed by atoms with Gasteiger partial charge in [-0.1, -0.05) is 79.7 Å². The second kappa shape index (κ2) is 6.52. The number of benzene rings is 3. The van der Waals surface area contributed by atoms with Crippen molar-refractivity contribution in [1.82, 2.24) is 5.01 Å². The van der Waals surface area contributed by atoms with E-state index in [4.69, 9.17) is 5.10 Å². The van der Waals surface area contributed by atoms with Gasteiger partial charge < -0.3 is 0 Å². The third kappa shape index (κ3) is 2.82. The lowest BCUT2D eigenvalue weighted by molar-refractivity contribution is -0.132. The van der Waals surface area contributed by atoms with Crippen LogP contribution >= 0.6 is 0 Å². The molecule has 0 radical (unpaired) electrons. The van der Waals surface area contributed by atoms with Gasteiger partial charge >= 0.3 is 0 Å². The first-order valence-electron chi connectivity index (χ1n) is 8.70. The monoisotopic (exact) mass is 328 g/mol. The average Bonchev–Trinajstić information content (AvgIpc) is 3.13. The summed E-state index contributed by atoms with van der Waals surface area (Å²) in [5, 5.41) is 8.76. The fourth-order valence-corrected chi connectivity index (χ4v) is 3.49. The first-order chi connectivity index (χ1) is 12.3. The fraction of sp³-hybridized carbons (Fsp3) is 0.182. The zero-order valence-corrected chi connectivity index (χ0v) is 14.2. The van der Waals surface area contributed by atoms with Crippen LogP contribution in [0, 0.1) is 0 Å². The molecule has 0 bridgehead atoms. The van der Waals surface area contributed by atoms with Crippen LogP contribution < -0.4 is 0 Å². The third-order valence-corrected chi connectivity index (χ3v) is 4.76. The average molecular weight is 328 g/mol. The molecule has 0 aromatic heterocycles. The molecule has 1 amide bonds. The van der Waals surface area contributed by atoms with E-state index in [1.54, 1.807) is 5.01 Å². The Morgan fingerprint density at radius 2 is 1.72 bits per heavy atom. The van der Waals surface area contributed by atoms with E-state index in [0.717, 1.165) is 23.3 Å². The van der Waals surface area contributed by atoms with Gasteiger partial charge in [0.05, 0.1) is 11.8 Å². The van der Waals surface area contributed by atoms with Crippen LogP contribution in [0.2, 0.25) is 0 Å². The Balaban J connectivity index is 1.79. The van der Waals surface area contributed by atoms with E-state index in [0.29, 0.717) is 6.42 Å². The van der Waals surface area contributed by atoms with Crippen LogP contribution in [0.15, 0.2) is 77.9 Å². The third-order valence-electron chi connectivity index (χ3n) is 4.76. The van der Waals surface area contributed by atoms with Crippen LogP contribution in [0.5, 0.6) is 0 Å². The molecule has 0 saturated carbocycles. The highest BCUT2D eigenvalue weighted by Gasteiger charge is 2.33. The van der Waals surface area contributed by atoms with Crippen LogP contribution in [0.4, 0.5) is 0 Å². The molecule has 3 aromatic carbocycles. The molecule has 0 aliphatic carbocycles. The molecule has 25 heavy (non-hydrogen) atoms. The standard InChI is InChI=1S/C22H20N2O/c1-2-22(25)24-21(15-20(23-24)17-10-4-3-5-11-17)19-14-8-12-16-9-6-7-13-18(16)19/h3-14,21H,2,15H2,1H3/t21-/m0/s1. The molecule has 0 fully saturated rings. The van der Waals surface area contributed by atoms with E-state index < -0.39 is 0 Å². The molecule has 1 heterocycles. The number of fused-ring (bicyclic) bond motifs is 1. The van der Waals surface area contributed by atoms with Crippen LogP contribution in [0.25, 0.3) is 10.8 Å². The first-order valence-corrected chi connectivity index (χ1v) is 8.70. The van der Waals surface area contributed by atoms with E-state index >= 15 is 0 Å². The number of hydrogen-bond donors (Lipinski definition) is 0. The van der Waals surface area contributed by atoms with Gasteiger partial charge in [-0.15, -0.1) is 0 Å². The molecule has 0 N–H and O–H groups in total. The first kappa shape index (κ1) is 15.6. The van der Waals surface area contributed by atoms with Crippen molar-refractivity contribution < 1.29 is 4.79 Å². The molecular weight excluding hydrogens is 308 g/mol. The Morgan fingerprint density at radius 3 is 2.52 bits per heavy atom. The molecule has 3 heteroatoms. The zero-order valence-electron chi connectivity index (χ0n) is 14.2. The summed E-state index contributed by atoms with van der Waals surface area (Å²) in [6, 6.07) is 24.7. The smallest absolute Gasteiger partial charge is 0.242 e. The molecule has 3 nitrogen and oxygen atoms in total. The van der Waals surface area contributed by atoms with Gasteiger partial charge in [-0.2, -0.15) is 5.10 Å². The number of carbonyl (C=O) groups excluding carboxylic acids is 1. The van der Waals surface area contributed by atoms with Crippen molar-refractivity contribution in [3.63, 3.8) is 0 Å². The predicted octanol–water partition coefficient (Wildman–Crippen LogP) is 4.93. The Labute approximate surface area is 147 Å². The molecule has 4 rings (SSSR count). The highest BCUT2D eigenvalue weighted by molar-refractivity contribution is 6.03. The van der Waals surface area contributed by atoms with Crippen molar-refractivity contribution in [2.24, 2.45) is 5.10 Å². The molecular formula is C22H20N2O. The Bertz CT molecular complexity index is 941. The summed E-state index contributed by atoms with van der Waals surface area (Å²) in [7, 11) is 0. The van der Waals surface area contributed by atoms with E-state index in [9.17, 15) is 4.79 Å². The van der Waals surface area contributed by atoms with Crippen molar-refractivity contribution in [2.45, 2.75) is 25.8 Å². The van der Waals surface area contributed by atoms with Gasteiger partial charge in [0.15, 0.2) is 0 Å².